The highest BCUT2D eigenvalue weighted by atomic mass is 16.5. The van der Waals surface area contributed by atoms with E-state index in [1.54, 1.807) is 25.4 Å². The van der Waals surface area contributed by atoms with Crippen LogP contribution in [0.15, 0.2) is 42.6 Å². The number of rotatable bonds is 5. The van der Waals surface area contributed by atoms with Gasteiger partial charge in [0.15, 0.2) is 0 Å². The molecule has 1 aromatic carbocycles. The summed E-state index contributed by atoms with van der Waals surface area (Å²) in [4.78, 5) is 15.5. The molecule has 0 bridgehead atoms. The van der Waals surface area contributed by atoms with Crippen LogP contribution in [0.4, 0.5) is 0 Å². The number of carbonyl (C=O) groups excluding carboxylic acids is 1. The minimum absolute atomic E-state index is 0.243. The maximum Gasteiger partial charge on any atom is 0.269 e. The summed E-state index contributed by atoms with van der Waals surface area (Å²) in [6.07, 6.45) is 2.35. The molecule has 0 spiro atoms. The van der Waals surface area contributed by atoms with Crippen molar-refractivity contribution in [2.24, 2.45) is 5.73 Å². The second kappa shape index (κ2) is 6.68. The van der Waals surface area contributed by atoms with Crippen molar-refractivity contribution in [1.82, 2.24) is 10.3 Å². The van der Waals surface area contributed by atoms with Gasteiger partial charge in [0.05, 0.1) is 0 Å². The first-order chi connectivity index (χ1) is 9.72. The number of nitrogens with two attached hydrogens (primary N) is 1. The van der Waals surface area contributed by atoms with E-state index in [0.717, 1.165) is 12.0 Å². The van der Waals surface area contributed by atoms with Gasteiger partial charge in [0.25, 0.3) is 5.91 Å². The molecule has 1 aromatic heterocycles. The van der Waals surface area contributed by atoms with Crippen LogP contribution in [0.3, 0.4) is 0 Å². The van der Waals surface area contributed by atoms with Crippen LogP contribution in [-0.4, -0.2) is 24.5 Å². The van der Waals surface area contributed by atoms with E-state index in [-0.39, 0.29) is 5.91 Å². The molecule has 1 heterocycles. The standard InChI is InChI=1S/C15H17N3O2/c1-17-15(19)14-10-13(6-8-18-14)20-12-4-2-3-11(9-12)5-7-16/h2-4,6,8-10H,5,7,16H2,1H3,(H,17,19). The van der Waals surface area contributed by atoms with Gasteiger partial charge in [0.2, 0.25) is 0 Å². The van der Waals surface area contributed by atoms with Crippen molar-refractivity contribution >= 4 is 5.91 Å². The largest absolute Gasteiger partial charge is 0.457 e. The maximum atomic E-state index is 11.5. The Morgan fingerprint density at radius 1 is 1.30 bits per heavy atom. The molecule has 0 aliphatic rings. The number of nitrogens with one attached hydrogen (secondary N) is 1. The van der Waals surface area contributed by atoms with Crippen molar-refractivity contribution in [1.29, 1.82) is 0 Å². The second-order valence-electron chi connectivity index (χ2n) is 4.24. The zero-order valence-corrected chi connectivity index (χ0v) is 11.3. The normalized spacial score (nSPS) is 10.1. The van der Waals surface area contributed by atoms with Gasteiger partial charge in [-0.2, -0.15) is 0 Å². The molecule has 0 aliphatic carbocycles. The number of amides is 1. The van der Waals surface area contributed by atoms with Crippen LogP contribution in [0, 0.1) is 0 Å². The Hall–Kier alpha value is -2.40. The Kier molecular flexibility index (Phi) is 4.68. The van der Waals surface area contributed by atoms with E-state index >= 15 is 0 Å². The highest BCUT2D eigenvalue weighted by Gasteiger charge is 2.06. The molecule has 0 radical (unpaired) electrons. The number of aromatic nitrogens is 1. The van der Waals surface area contributed by atoms with Crippen LogP contribution < -0.4 is 15.8 Å². The second-order valence-corrected chi connectivity index (χ2v) is 4.24. The van der Waals surface area contributed by atoms with Crippen molar-refractivity contribution < 1.29 is 9.53 Å². The van der Waals surface area contributed by atoms with Crippen LogP contribution in [0.2, 0.25) is 0 Å². The number of carbonyl (C=O) groups is 1. The van der Waals surface area contributed by atoms with Crippen LogP contribution in [0.5, 0.6) is 11.5 Å². The minimum Gasteiger partial charge on any atom is -0.457 e. The van der Waals surface area contributed by atoms with Gasteiger partial charge in [0.1, 0.15) is 17.2 Å². The van der Waals surface area contributed by atoms with Crippen LogP contribution in [-0.2, 0) is 6.42 Å². The molecule has 104 valence electrons. The first kappa shape index (κ1) is 14.0. The van der Waals surface area contributed by atoms with Gasteiger partial charge in [-0.25, -0.2) is 0 Å². The van der Waals surface area contributed by atoms with Crippen molar-refractivity contribution in [3.63, 3.8) is 0 Å². The number of hydrogen-bond acceptors (Lipinski definition) is 4. The van der Waals surface area contributed by atoms with Crippen LogP contribution >= 0.6 is 0 Å². The molecule has 2 aromatic rings. The molecule has 0 unspecified atom stereocenters. The number of benzene rings is 1. The lowest BCUT2D eigenvalue weighted by molar-refractivity contribution is 0.0958. The first-order valence-corrected chi connectivity index (χ1v) is 6.38. The van der Waals surface area contributed by atoms with Crippen LogP contribution in [0.25, 0.3) is 0 Å². The topological polar surface area (TPSA) is 77.2 Å². The Morgan fingerprint density at radius 2 is 2.10 bits per heavy atom. The Balaban J connectivity index is 2.17. The fourth-order valence-corrected chi connectivity index (χ4v) is 1.79. The highest BCUT2D eigenvalue weighted by Crippen LogP contribution is 2.22. The molecule has 20 heavy (non-hydrogen) atoms. The third-order valence-electron chi connectivity index (χ3n) is 2.76. The molecule has 3 N–H and O–H groups in total. The zero-order valence-electron chi connectivity index (χ0n) is 11.3. The average Bonchev–Trinajstić information content (AvgIpc) is 2.47. The molecule has 0 fully saturated rings. The molecule has 0 saturated heterocycles. The minimum atomic E-state index is -0.243. The number of hydrogen-bond donors (Lipinski definition) is 2. The van der Waals surface area contributed by atoms with Gasteiger partial charge in [-0.1, -0.05) is 12.1 Å². The molecule has 0 saturated carbocycles. The molecule has 5 heteroatoms. The Morgan fingerprint density at radius 3 is 2.85 bits per heavy atom. The molecule has 5 nitrogen and oxygen atoms in total. The Labute approximate surface area is 117 Å². The SMILES string of the molecule is CNC(=O)c1cc(Oc2cccc(CCN)c2)ccn1. The van der Waals surface area contributed by atoms with Crippen LogP contribution in [0.1, 0.15) is 16.1 Å². The average molecular weight is 271 g/mol. The maximum absolute atomic E-state index is 11.5. The summed E-state index contributed by atoms with van der Waals surface area (Å²) in [5.74, 6) is 1.04. The fraction of sp³-hybridized carbons (Fsp3) is 0.200. The van der Waals surface area contributed by atoms with Gasteiger partial charge >= 0.3 is 0 Å². The summed E-state index contributed by atoms with van der Waals surface area (Å²) < 4.78 is 5.74. The lowest BCUT2D eigenvalue weighted by Gasteiger charge is -2.08. The van der Waals surface area contributed by atoms with Gasteiger partial charge in [-0.3, -0.25) is 9.78 Å². The summed E-state index contributed by atoms with van der Waals surface area (Å²) in [7, 11) is 1.56. The monoisotopic (exact) mass is 271 g/mol. The third kappa shape index (κ3) is 3.55. The number of nitrogens with zero attached hydrogens (tertiary/aromatic N) is 1. The van der Waals surface area contributed by atoms with E-state index in [1.807, 2.05) is 24.3 Å². The molecule has 0 aliphatic heterocycles. The van der Waals surface area contributed by atoms with E-state index in [0.29, 0.717) is 23.7 Å². The first-order valence-electron chi connectivity index (χ1n) is 6.38. The van der Waals surface area contributed by atoms with Gasteiger partial charge in [0, 0.05) is 19.3 Å². The third-order valence-corrected chi connectivity index (χ3v) is 2.76. The number of ether oxygens (including phenoxy) is 1. The molecular formula is C15H17N3O2. The summed E-state index contributed by atoms with van der Waals surface area (Å²) in [6, 6.07) is 11.0. The molecule has 1 amide bonds. The van der Waals surface area contributed by atoms with E-state index < -0.39 is 0 Å². The van der Waals surface area contributed by atoms with E-state index in [2.05, 4.69) is 10.3 Å². The molecule has 2 rings (SSSR count). The quantitative estimate of drug-likeness (QED) is 0.868. The van der Waals surface area contributed by atoms with E-state index in [1.165, 1.54) is 0 Å². The van der Waals surface area contributed by atoms with Gasteiger partial charge in [-0.05, 0) is 36.7 Å². The fourth-order valence-electron chi connectivity index (χ4n) is 1.79. The van der Waals surface area contributed by atoms with Gasteiger partial charge in [-0.15, -0.1) is 0 Å². The van der Waals surface area contributed by atoms with Gasteiger partial charge < -0.3 is 15.8 Å². The summed E-state index contributed by atoms with van der Waals surface area (Å²) in [5.41, 5.74) is 6.98. The lowest BCUT2D eigenvalue weighted by Crippen LogP contribution is -2.18. The molecule has 0 atom stereocenters. The summed E-state index contributed by atoms with van der Waals surface area (Å²) in [5, 5.41) is 2.53. The van der Waals surface area contributed by atoms with E-state index in [4.69, 9.17) is 10.5 Å². The zero-order chi connectivity index (χ0) is 14.4. The van der Waals surface area contributed by atoms with Crippen molar-refractivity contribution in [3.8, 4) is 11.5 Å². The van der Waals surface area contributed by atoms with Crippen molar-refractivity contribution in [2.75, 3.05) is 13.6 Å². The summed E-state index contributed by atoms with van der Waals surface area (Å²) in [6.45, 7) is 0.597. The smallest absolute Gasteiger partial charge is 0.269 e. The van der Waals surface area contributed by atoms with E-state index in [9.17, 15) is 4.79 Å². The summed E-state index contributed by atoms with van der Waals surface area (Å²) >= 11 is 0. The van der Waals surface area contributed by atoms with Crippen molar-refractivity contribution in [3.05, 3.63) is 53.9 Å². The molecular weight excluding hydrogens is 254 g/mol. The number of pyridine rings is 1. The van der Waals surface area contributed by atoms with Crippen molar-refractivity contribution in [2.45, 2.75) is 6.42 Å². The Bertz CT molecular complexity index is 599. The lowest BCUT2D eigenvalue weighted by atomic mass is 10.1. The predicted molar refractivity (Wildman–Crippen MR) is 76.9 cm³/mol. The highest BCUT2D eigenvalue weighted by molar-refractivity contribution is 5.92. The predicted octanol–water partition coefficient (Wildman–Crippen LogP) is 1.73.